The van der Waals surface area contributed by atoms with Gasteiger partial charge in [-0.1, -0.05) is 26.7 Å². The van der Waals surface area contributed by atoms with Crippen molar-refractivity contribution < 1.29 is 4.79 Å². The number of carbonyl (C=O) groups is 1. The number of halogens is 1. The molecule has 1 amide bonds. The second-order valence-corrected chi connectivity index (χ2v) is 7.02. The normalized spacial score (nSPS) is 25.2. The SMILES string of the molecule is C[C@H]1[C@@H](C)CCC[C@H]1NC(=S)NC(=O)c1cncc(Br)c1. The molecule has 1 aromatic heterocycles. The fourth-order valence-corrected chi connectivity index (χ4v) is 3.31. The van der Waals surface area contributed by atoms with Gasteiger partial charge in [0.1, 0.15) is 0 Å². The molecule has 0 radical (unpaired) electrons. The number of nitrogens with zero attached hydrogens (tertiary/aromatic N) is 1. The Hall–Kier alpha value is -1.01. The number of carbonyl (C=O) groups excluding carboxylic acids is 1. The van der Waals surface area contributed by atoms with E-state index >= 15 is 0 Å². The van der Waals surface area contributed by atoms with Crippen molar-refractivity contribution in [1.82, 2.24) is 15.6 Å². The minimum Gasteiger partial charge on any atom is -0.359 e. The molecule has 0 aromatic carbocycles. The van der Waals surface area contributed by atoms with Crippen molar-refractivity contribution in [2.45, 2.75) is 39.2 Å². The van der Waals surface area contributed by atoms with Crippen LogP contribution >= 0.6 is 28.1 Å². The summed E-state index contributed by atoms with van der Waals surface area (Å²) < 4.78 is 0.767. The molecule has 1 saturated carbocycles. The monoisotopic (exact) mass is 369 g/mol. The zero-order chi connectivity index (χ0) is 15.4. The molecule has 0 aliphatic heterocycles. The molecule has 6 heteroatoms. The van der Waals surface area contributed by atoms with Gasteiger partial charge in [0.15, 0.2) is 5.11 Å². The van der Waals surface area contributed by atoms with Crippen molar-refractivity contribution >= 4 is 39.2 Å². The van der Waals surface area contributed by atoms with Gasteiger partial charge in [0.05, 0.1) is 5.56 Å². The van der Waals surface area contributed by atoms with E-state index in [1.807, 2.05) is 0 Å². The number of hydrogen-bond donors (Lipinski definition) is 2. The number of hydrogen-bond acceptors (Lipinski definition) is 3. The molecule has 2 N–H and O–H groups in total. The van der Waals surface area contributed by atoms with Crippen molar-refractivity contribution in [2.75, 3.05) is 0 Å². The van der Waals surface area contributed by atoms with Gasteiger partial charge in [0.2, 0.25) is 0 Å². The van der Waals surface area contributed by atoms with E-state index in [1.165, 1.54) is 19.0 Å². The first-order chi connectivity index (χ1) is 9.97. The van der Waals surface area contributed by atoms with Crippen LogP contribution in [0.5, 0.6) is 0 Å². The molecule has 1 aliphatic carbocycles. The minimum absolute atomic E-state index is 0.238. The highest BCUT2D eigenvalue weighted by atomic mass is 79.9. The van der Waals surface area contributed by atoms with Gasteiger partial charge in [-0.15, -0.1) is 0 Å². The molecular weight excluding hydrogens is 350 g/mol. The van der Waals surface area contributed by atoms with Crippen LogP contribution in [-0.4, -0.2) is 22.0 Å². The predicted molar refractivity (Wildman–Crippen MR) is 91.1 cm³/mol. The first kappa shape index (κ1) is 16.4. The Labute approximate surface area is 139 Å². The van der Waals surface area contributed by atoms with Crippen molar-refractivity contribution in [1.29, 1.82) is 0 Å². The average molecular weight is 370 g/mol. The summed E-state index contributed by atoms with van der Waals surface area (Å²) in [5.74, 6) is 1.00. The van der Waals surface area contributed by atoms with E-state index in [2.05, 4.69) is 45.4 Å². The number of nitrogens with one attached hydrogen (secondary N) is 2. The zero-order valence-electron chi connectivity index (χ0n) is 12.2. The second-order valence-electron chi connectivity index (χ2n) is 5.69. The predicted octanol–water partition coefficient (Wildman–Crippen LogP) is 3.27. The van der Waals surface area contributed by atoms with Crippen LogP contribution < -0.4 is 10.6 Å². The quantitative estimate of drug-likeness (QED) is 0.785. The molecule has 0 saturated heterocycles. The third kappa shape index (κ3) is 4.48. The number of rotatable bonds is 2. The van der Waals surface area contributed by atoms with Crippen molar-refractivity contribution in [3.8, 4) is 0 Å². The molecule has 1 fully saturated rings. The summed E-state index contributed by atoms with van der Waals surface area (Å²) in [5, 5.41) is 6.40. The maximum Gasteiger partial charge on any atom is 0.259 e. The van der Waals surface area contributed by atoms with E-state index in [0.717, 1.165) is 10.9 Å². The van der Waals surface area contributed by atoms with Gasteiger partial charge in [-0.05, 0) is 52.5 Å². The fourth-order valence-electron chi connectivity index (χ4n) is 2.70. The van der Waals surface area contributed by atoms with Crippen molar-refractivity contribution in [3.05, 3.63) is 28.5 Å². The molecule has 114 valence electrons. The number of pyridine rings is 1. The summed E-state index contributed by atoms with van der Waals surface area (Å²) in [6, 6.07) is 2.05. The summed E-state index contributed by atoms with van der Waals surface area (Å²) in [6.45, 7) is 4.51. The van der Waals surface area contributed by atoms with Crippen LogP contribution in [0.15, 0.2) is 22.9 Å². The van der Waals surface area contributed by atoms with E-state index < -0.39 is 0 Å². The molecule has 1 aromatic rings. The zero-order valence-corrected chi connectivity index (χ0v) is 14.6. The van der Waals surface area contributed by atoms with E-state index in [9.17, 15) is 4.79 Å². The Bertz CT molecular complexity index is 537. The lowest BCUT2D eigenvalue weighted by molar-refractivity contribution is 0.0975. The molecule has 0 spiro atoms. The van der Waals surface area contributed by atoms with Gasteiger partial charge in [-0.3, -0.25) is 15.1 Å². The highest BCUT2D eigenvalue weighted by molar-refractivity contribution is 9.10. The summed E-state index contributed by atoms with van der Waals surface area (Å²) in [7, 11) is 0. The van der Waals surface area contributed by atoms with E-state index in [1.54, 1.807) is 12.3 Å². The molecule has 3 atom stereocenters. The Balaban J connectivity index is 1.91. The molecule has 0 bridgehead atoms. The molecular formula is C15H20BrN3OS. The van der Waals surface area contributed by atoms with Crippen molar-refractivity contribution in [3.63, 3.8) is 0 Å². The lowest BCUT2D eigenvalue weighted by Crippen LogP contribution is -2.49. The fraction of sp³-hybridized carbons (Fsp3) is 0.533. The van der Waals surface area contributed by atoms with Gasteiger partial charge in [0.25, 0.3) is 5.91 Å². The molecule has 1 aliphatic rings. The lowest BCUT2D eigenvalue weighted by atomic mass is 9.78. The average Bonchev–Trinajstić information content (AvgIpc) is 2.44. The molecule has 21 heavy (non-hydrogen) atoms. The van der Waals surface area contributed by atoms with E-state index in [0.29, 0.717) is 28.6 Å². The Morgan fingerprint density at radius 1 is 1.38 bits per heavy atom. The molecule has 1 heterocycles. The van der Waals surface area contributed by atoms with Gasteiger partial charge in [0, 0.05) is 22.9 Å². The largest absolute Gasteiger partial charge is 0.359 e. The summed E-state index contributed by atoms with van der Waals surface area (Å²) in [4.78, 5) is 16.1. The standard InChI is InChI=1S/C15H20BrN3OS/c1-9-4-3-5-13(10(9)2)18-15(21)19-14(20)11-6-12(16)8-17-7-11/h6-10,13H,3-5H2,1-2H3,(H2,18,19,20,21)/t9-,10-,13+/m0/s1. The van der Waals surface area contributed by atoms with Gasteiger partial charge >= 0.3 is 0 Å². The van der Waals surface area contributed by atoms with Gasteiger partial charge < -0.3 is 5.32 Å². The summed E-state index contributed by atoms with van der Waals surface area (Å²) >= 11 is 8.56. The Morgan fingerprint density at radius 3 is 2.86 bits per heavy atom. The molecule has 2 rings (SSSR count). The molecule has 0 unspecified atom stereocenters. The first-order valence-corrected chi connectivity index (χ1v) is 8.40. The van der Waals surface area contributed by atoms with E-state index in [4.69, 9.17) is 12.2 Å². The van der Waals surface area contributed by atoms with Crippen LogP contribution in [0.3, 0.4) is 0 Å². The highest BCUT2D eigenvalue weighted by Crippen LogP contribution is 2.29. The van der Waals surface area contributed by atoms with E-state index in [-0.39, 0.29) is 5.91 Å². The number of aromatic nitrogens is 1. The van der Waals surface area contributed by atoms with Crippen molar-refractivity contribution in [2.24, 2.45) is 11.8 Å². The third-order valence-corrected chi connectivity index (χ3v) is 4.87. The topological polar surface area (TPSA) is 54.0 Å². The van der Waals surface area contributed by atoms with Gasteiger partial charge in [-0.25, -0.2) is 0 Å². The summed E-state index contributed by atoms with van der Waals surface area (Å²) in [6.07, 6.45) is 6.73. The second kappa shape index (κ2) is 7.31. The highest BCUT2D eigenvalue weighted by Gasteiger charge is 2.27. The number of thiocarbonyl (C=S) groups is 1. The van der Waals surface area contributed by atoms with Crippen LogP contribution in [0.4, 0.5) is 0 Å². The van der Waals surface area contributed by atoms with Crippen LogP contribution in [0.25, 0.3) is 0 Å². The first-order valence-electron chi connectivity index (χ1n) is 7.19. The smallest absolute Gasteiger partial charge is 0.259 e. The van der Waals surface area contributed by atoms with Gasteiger partial charge in [-0.2, -0.15) is 0 Å². The Kier molecular flexibility index (Phi) is 5.70. The summed E-state index contributed by atoms with van der Waals surface area (Å²) in [5.41, 5.74) is 0.485. The Morgan fingerprint density at radius 2 is 2.14 bits per heavy atom. The van der Waals surface area contributed by atoms with Crippen LogP contribution in [0.2, 0.25) is 0 Å². The molecule has 4 nitrogen and oxygen atoms in total. The van der Waals surface area contributed by atoms with Crippen LogP contribution in [0.1, 0.15) is 43.5 Å². The lowest BCUT2D eigenvalue weighted by Gasteiger charge is -2.35. The maximum absolute atomic E-state index is 12.1. The maximum atomic E-state index is 12.1. The third-order valence-electron chi connectivity index (χ3n) is 4.22. The minimum atomic E-state index is -0.238. The van der Waals surface area contributed by atoms with Crippen LogP contribution in [-0.2, 0) is 0 Å². The van der Waals surface area contributed by atoms with Crippen LogP contribution in [0, 0.1) is 11.8 Å². The number of amides is 1.